The Hall–Kier alpha value is -1.44. The first-order chi connectivity index (χ1) is 11.0. The molecule has 0 radical (unpaired) electrons. The first-order valence-electron chi connectivity index (χ1n) is 8.02. The Balaban J connectivity index is 1.95. The van der Waals surface area contributed by atoms with E-state index in [1.165, 1.54) is 4.31 Å². The van der Waals surface area contributed by atoms with Crippen molar-refractivity contribution < 1.29 is 13.2 Å². The van der Waals surface area contributed by atoms with Gasteiger partial charge < -0.3 is 11.1 Å². The second-order valence-electron chi connectivity index (χ2n) is 5.87. The molecular formula is C16H25N3O3S. The predicted molar refractivity (Wildman–Crippen MR) is 90.0 cm³/mol. The van der Waals surface area contributed by atoms with Gasteiger partial charge in [0.1, 0.15) is 0 Å². The average Bonchev–Trinajstić information content (AvgIpc) is 2.55. The number of carbonyl (C=O) groups is 1. The minimum Gasteiger partial charge on any atom is -0.356 e. The molecule has 1 unspecified atom stereocenters. The molecule has 0 saturated carbocycles. The number of rotatable bonds is 7. The van der Waals surface area contributed by atoms with Crippen LogP contribution in [-0.4, -0.2) is 44.8 Å². The summed E-state index contributed by atoms with van der Waals surface area (Å²) in [5.74, 6) is -0.361. The van der Waals surface area contributed by atoms with Gasteiger partial charge >= 0.3 is 0 Å². The van der Waals surface area contributed by atoms with Gasteiger partial charge in [0, 0.05) is 19.6 Å². The number of nitrogens with zero attached hydrogens (tertiary/aromatic N) is 1. The Morgan fingerprint density at radius 3 is 2.74 bits per heavy atom. The van der Waals surface area contributed by atoms with Crippen molar-refractivity contribution in [2.75, 3.05) is 26.2 Å². The number of benzene rings is 1. The molecule has 1 amide bonds. The molecule has 1 aromatic rings. The van der Waals surface area contributed by atoms with Gasteiger partial charge in [-0.05, 0) is 31.4 Å². The summed E-state index contributed by atoms with van der Waals surface area (Å²) in [6.45, 7) is 1.83. The molecule has 1 saturated heterocycles. The molecule has 1 aliphatic heterocycles. The molecule has 0 aromatic heterocycles. The van der Waals surface area contributed by atoms with E-state index in [9.17, 15) is 13.2 Å². The normalized spacial score (nSPS) is 19.4. The fraction of sp³-hybridized carbons (Fsp3) is 0.562. The third kappa shape index (κ3) is 5.30. The van der Waals surface area contributed by atoms with Gasteiger partial charge in [-0.1, -0.05) is 30.3 Å². The molecule has 1 heterocycles. The Kier molecular flexibility index (Phi) is 6.56. The third-order valence-corrected chi connectivity index (χ3v) is 5.84. The van der Waals surface area contributed by atoms with E-state index in [2.05, 4.69) is 5.32 Å². The zero-order chi connectivity index (χ0) is 16.7. The number of carbonyl (C=O) groups excluding carboxylic acids is 1. The maximum Gasteiger partial charge on any atom is 0.224 e. The highest BCUT2D eigenvalue weighted by Gasteiger charge is 2.32. The van der Waals surface area contributed by atoms with Crippen LogP contribution in [0.3, 0.4) is 0 Å². The minimum absolute atomic E-state index is 0.0185. The molecule has 7 heteroatoms. The molecule has 0 spiro atoms. The first-order valence-corrected chi connectivity index (χ1v) is 9.63. The molecular weight excluding hydrogens is 314 g/mol. The van der Waals surface area contributed by atoms with E-state index < -0.39 is 10.0 Å². The summed E-state index contributed by atoms with van der Waals surface area (Å²) >= 11 is 0. The van der Waals surface area contributed by atoms with Crippen LogP contribution in [0.5, 0.6) is 0 Å². The van der Waals surface area contributed by atoms with Crippen LogP contribution in [0, 0.1) is 5.92 Å². The lowest BCUT2D eigenvalue weighted by Gasteiger charge is -2.31. The van der Waals surface area contributed by atoms with Crippen molar-refractivity contribution in [3.8, 4) is 0 Å². The van der Waals surface area contributed by atoms with Gasteiger partial charge in [-0.3, -0.25) is 4.79 Å². The number of hydrogen-bond acceptors (Lipinski definition) is 4. The highest BCUT2D eigenvalue weighted by molar-refractivity contribution is 7.88. The summed E-state index contributed by atoms with van der Waals surface area (Å²) in [6.07, 6.45) is 2.17. The van der Waals surface area contributed by atoms with E-state index in [1.807, 2.05) is 18.2 Å². The van der Waals surface area contributed by atoms with Gasteiger partial charge in [-0.2, -0.15) is 0 Å². The maximum absolute atomic E-state index is 12.6. The Bertz CT molecular complexity index is 604. The van der Waals surface area contributed by atoms with Gasteiger partial charge in [0.05, 0.1) is 11.7 Å². The molecule has 0 aliphatic carbocycles. The summed E-state index contributed by atoms with van der Waals surface area (Å²) in [5.41, 5.74) is 6.17. The fourth-order valence-corrected chi connectivity index (χ4v) is 4.35. The van der Waals surface area contributed by atoms with Gasteiger partial charge in [0.25, 0.3) is 0 Å². The van der Waals surface area contributed by atoms with Gasteiger partial charge in [-0.15, -0.1) is 0 Å². The van der Waals surface area contributed by atoms with E-state index in [0.717, 1.165) is 18.4 Å². The standard InChI is InChI=1S/C16H25N3O3S/c17-9-5-10-18-16(20)15-8-4-11-19(12-15)23(21,22)13-14-6-2-1-3-7-14/h1-3,6-7,15H,4-5,8-13,17H2,(H,18,20). The van der Waals surface area contributed by atoms with Crippen LogP contribution in [-0.2, 0) is 20.6 Å². The van der Waals surface area contributed by atoms with Crippen molar-refractivity contribution in [3.05, 3.63) is 35.9 Å². The zero-order valence-corrected chi connectivity index (χ0v) is 14.1. The van der Waals surface area contributed by atoms with Crippen LogP contribution >= 0.6 is 0 Å². The summed E-state index contributed by atoms with van der Waals surface area (Å²) in [6, 6.07) is 9.12. The van der Waals surface area contributed by atoms with Crippen LogP contribution < -0.4 is 11.1 Å². The summed E-state index contributed by atoms with van der Waals surface area (Å²) in [7, 11) is -3.39. The third-order valence-electron chi connectivity index (χ3n) is 4.02. The number of piperidine rings is 1. The molecule has 1 fully saturated rings. The topological polar surface area (TPSA) is 92.5 Å². The van der Waals surface area contributed by atoms with Crippen molar-refractivity contribution in [2.24, 2.45) is 11.7 Å². The number of nitrogens with two attached hydrogens (primary N) is 1. The van der Waals surface area contributed by atoms with Crippen molar-refractivity contribution >= 4 is 15.9 Å². The molecule has 1 aromatic carbocycles. The van der Waals surface area contributed by atoms with E-state index in [0.29, 0.717) is 26.1 Å². The number of amides is 1. The van der Waals surface area contributed by atoms with Crippen LogP contribution in [0.15, 0.2) is 30.3 Å². The van der Waals surface area contributed by atoms with Crippen LogP contribution in [0.4, 0.5) is 0 Å². The van der Waals surface area contributed by atoms with E-state index in [-0.39, 0.29) is 24.1 Å². The maximum atomic E-state index is 12.6. The molecule has 1 aliphatic rings. The number of sulfonamides is 1. The molecule has 1 atom stereocenters. The number of hydrogen-bond donors (Lipinski definition) is 2. The highest BCUT2D eigenvalue weighted by Crippen LogP contribution is 2.21. The second kappa shape index (κ2) is 8.42. The molecule has 2 rings (SSSR count). The minimum atomic E-state index is -3.39. The van der Waals surface area contributed by atoms with Gasteiger partial charge in [-0.25, -0.2) is 12.7 Å². The number of nitrogens with one attached hydrogen (secondary N) is 1. The fourth-order valence-electron chi connectivity index (χ4n) is 2.74. The predicted octanol–water partition coefficient (Wildman–Crippen LogP) is 0.693. The summed E-state index contributed by atoms with van der Waals surface area (Å²) in [4.78, 5) is 12.1. The van der Waals surface area contributed by atoms with Gasteiger partial charge in [0.15, 0.2) is 0 Å². The van der Waals surface area contributed by atoms with Crippen LogP contribution in [0.2, 0.25) is 0 Å². The summed E-state index contributed by atoms with van der Waals surface area (Å²) in [5, 5.41) is 2.83. The molecule has 6 nitrogen and oxygen atoms in total. The van der Waals surface area contributed by atoms with Crippen molar-refractivity contribution in [3.63, 3.8) is 0 Å². The quantitative estimate of drug-likeness (QED) is 0.715. The molecule has 3 N–H and O–H groups in total. The molecule has 23 heavy (non-hydrogen) atoms. The Morgan fingerprint density at radius 1 is 1.30 bits per heavy atom. The Labute approximate surface area is 138 Å². The smallest absolute Gasteiger partial charge is 0.224 e. The lowest BCUT2D eigenvalue weighted by atomic mass is 9.99. The van der Waals surface area contributed by atoms with Crippen molar-refractivity contribution in [1.82, 2.24) is 9.62 Å². The lowest BCUT2D eigenvalue weighted by molar-refractivity contribution is -0.126. The summed E-state index contributed by atoms with van der Waals surface area (Å²) < 4.78 is 26.6. The zero-order valence-electron chi connectivity index (χ0n) is 13.3. The van der Waals surface area contributed by atoms with Crippen molar-refractivity contribution in [1.29, 1.82) is 0 Å². The van der Waals surface area contributed by atoms with Crippen molar-refractivity contribution in [2.45, 2.75) is 25.0 Å². The van der Waals surface area contributed by atoms with Gasteiger partial charge in [0.2, 0.25) is 15.9 Å². The SMILES string of the molecule is NCCCNC(=O)C1CCCN(S(=O)(=O)Cc2ccccc2)C1. The second-order valence-corrected chi connectivity index (χ2v) is 7.84. The molecule has 0 bridgehead atoms. The van der Waals surface area contributed by atoms with Crippen LogP contribution in [0.1, 0.15) is 24.8 Å². The lowest BCUT2D eigenvalue weighted by Crippen LogP contribution is -2.46. The Morgan fingerprint density at radius 2 is 2.04 bits per heavy atom. The van der Waals surface area contributed by atoms with Crippen LogP contribution in [0.25, 0.3) is 0 Å². The van der Waals surface area contributed by atoms with E-state index >= 15 is 0 Å². The largest absolute Gasteiger partial charge is 0.356 e. The average molecular weight is 339 g/mol. The van der Waals surface area contributed by atoms with E-state index in [4.69, 9.17) is 5.73 Å². The highest BCUT2D eigenvalue weighted by atomic mass is 32.2. The monoisotopic (exact) mass is 339 g/mol. The molecule has 128 valence electrons. The van der Waals surface area contributed by atoms with E-state index in [1.54, 1.807) is 12.1 Å². The first kappa shape index (κ1) is 17.9.